The Hall–Kier alpha value is -3.20. The summed E-state index contributed by atoms with van der Waals surface area (Å²) in [6.45, 7) is 2.64. The van der Waals surface area contributed by atoms with Crippen molar-refractivity contribution >= 4 is 28.2 Å². The fourth-order valence-electron chi connectivity index (χ4n) is 3.86. The zero-order chi connectivity index (χ0) is 20.5. The molecule has 0 saturated heterocycles. The Morgan fingerprint density at radius 2 is 2.00 bits per heavy atom. The predicted molar refractivity (Wildman–Crippen MR) is 114 cm³/mol. The van der Waals surface area contributed by atoms with E-state index in [-0.39, 0.29) is 10.6 Å². The number of H-pyrrole nitrogens is 1. The van der Waals surface area contributed by atoms with Crippen molar-refractivity contribution in [2.75, 3.05) is 50.6 Å². The van der Waals surface area contributed by atoms with Gasteiger partial charge in [0.2, 0.25) is 11.6 Å². The molecule has 0 unspecified atom stereocenters. The summed E-state index contributed by atoms with van der Waals surface area (Å²) in [6.07, 6.45) is 2.23. The maximum Gasteiger partial charge on any atom is 0.353 e. The summed E-state index contributed by atoms with van der Waals surface area (Å²) in [4.78, 5) is 29.4. The van der Waals surface area contributed by atoms with Gasteiger partial charge in [-0.05, 0) is 32.1 Å². The van der Waals surface area contributed by atoms with E-state index in [9.17, 15) is 10.1 Å². The largest absolute Gasteiger partial charge is 0.357 e. The Morgan fingerprint density at radius 1 is 1.21 bits per heavy atom. The molecule has 3 heterocycles. The number of nitrogens with zero attached hydrogens (tertiary/aromatic N) is 6. The number of benzene rings is 1. The van der Waals surface area contributed by atoms with Gasteiger partial charge in [0.25, 0.3) is 0 Å². The Bertz CT molecular complexity index is 1050. The topological polar surface area (TPSA) is 94.4 Å². The molecule has 1 aliphatic heterocycles. The van der Waals surface area contributed by atoms with E-state index in [1.165, 1.54) is 17.3 Å². The highest BCUT2D eigenvalue weighted by molar-refractivity contribution is 5.85. The van der Waals surface area contributed by atoms with Gasteiger partial charge in [-0.25, -0.2) is 9.97 Å². The second-order valence-corrected chi connectivity index (χ2v) is 7.65. The van der Waals surface area contributed by atoms with Crippen LogP contribution in [0.1, 0.15) is 11.3 Å². The van der Waals surface area contributed by atoms with Gasteiger partial charge in [0.1, 0.15) is 6.33 Å². The minimum Gasteiger partial charge on any atom is -0.357 e. The first-order valence-corrected chi connectivity index (χ1v) is 9.64. The van der Waals surface area contributed by atoms with E-state index in [1.807, 2.05) is 48.0 Å². The van der Waals surface area contributed by atoms with Crippen molar-refractivity contribution in [1.29, 1.82) is 0 Å². The molecule has 3 aromatic rings. The van der Waals surface area contributed by atoms with E-state index in [4.69, 9.17) is 0 Å². The number of fused-ring (bicyclic) bond motifs is 3. The Balaban J connectivity index is 1.68. The molecule has 1 aliphatic rings. The lowest BCUT2D eigenvalue weighted by atomic mass is 10.0. The van der Waals surface area contributed by atoms with Crippen LogP contribution in [-0.4, -0.2) is 65.6 Å². The Kier molecular flexibility index (Phi) is 5.06. The number of para-hydroxylation sites is 1. The first kappa shape index (κ1) is 19.1. The molecule has 9 heteroatoms. The van der Waals surface area contributed by atoms with Gasteiger partial charge >= 0.3 is 5.69 Å². The highest BCUT2D eigenvalue weighted by Crippen LogP contribution is 2.37. The molecule has 0 radical (unpaired) electrons. The van der Waals surface area contributed by atoms with Crippen molar-refractivity contribution in [2.24, 2.45) is 0 Å². The van der Waals surface area contributed by atoms with Crippen molar-refractivity contribution in [3.05, 3.63) is 52.0 Å². The van der Waals surface area contributed by atoms with Gasteiger partial charge in [-0.15, -0.1) is 0 Å². The van der Waals surface area contributed by atoms with Crippen LogP contribution in [0.2, 0.25) is 0 Å². The van der Waals surface area contributed by atoms with E-state index in [2.05, 4.69) is 27.1 Å². The van der Waals surface area contributed by atoms with Gasteiger partial charge in [-0.1, -0.05) is 18.2 Å². The van der Waals surface area contributed by atoms with Crippen LogP contribution in [0.4, 0.5) is 17.3 Å². The molecule has 0 spiro atoms. The average Bonchev–Trinajstić information content (AvgIpc) is 3.09. The van der Waals surface area contributed by atoms with Crippen LogP contribution in [-0.2, 0) is 13.0 Å². The lowest BCUT2D eigenvalue weighted by molar-refractivity contribution is -0.383. The van der Waals surface area contributed by atoms with Crippen LogP contribution < -0.4 is 9.80 Å². The third kappa shape index (κ3) is 3.61. The lowest BCUT2D eigenvalue weighted by Crippen LogP contribution is -2.33. The lowest BCUT2D eigenvalue weighted by Gasteiger charge is -2.28. The van der Waals surface area contributed by atoms with Crippen LogP contribution in [0.5, 0.6) is 0 Å². The van der Waals surface area contributed by atoms with Gasteiger partial charge in [0, 0.05) is 43.3 Å². The summed E-state index contributed by atoms with van der Waals surface area (Å²) in [5.74, 6) is 0.727. The molecule has 152 valence electrons. The number of likely N-dealkylation sites (N-methyl/N-ethyl adjacent to an activating group) is 2. The number of nitro groups is 1. The standard InChI is InChI=1S/C20H25N7O2/c1-24(2)10-11-25(3)19-18(27(28)29)20(22-13-21-19)26-9-8-15-14-6-4-5-7-16(14)23-17(15)12-26/h4-7,13,23H,8-12H2,1-3H3. The number of nitrogens with one attached hydrogen (secondary N) is 1. The van der Waals surface area contributed by atoms with Crippen molar-refractivity contribution < 1.29 is 4.92 Å². The van der Waals surface area contributed by atoms with Crippen molar-refractivity contribution in [2.45, 2.75) is 13.0 Å². The zero-order valence-corrected chi connectivity index (χ0v) is 16.9. The molecular weight excluding hydrogens is 370 g/mol. The number of anilines is 2. The summed E-state index contributed by atoms with van der Waals surface area (Å²) in [7, 11) is 5.77. The minimum absolute atomic E-state index is 0.0340. The first-order valence-electron chi connectivity index (χ1n) is 9.64. The van der Waals surface area contributed by atoms with E-state index >= 15 is 0 Å². The smallest absolute Gasteiger partial charge is 0.353 e. The number of aromatic amines is 1. The predicted octanol–water partition coefficient (Wildman–Crippen LogP) is 2.43. The molecule has 9 nitrogen and oxygen atoms in total. The molecule has 0 atom stereocenters. The van der Waals surface area contributed by atoms with Gasteiger partial charge in [0.15, 0.2) is 0 Å². The number of aromatic nitrogens is 3. The molecule has 0 amide bonds. The Morgan fingerprint density at radius 3 is 2.76 bits per heavy atom. The highest BCUT2D eigenvalue weighted by Gasteiger charge is 2.31. The van der Waals surface area contributed by atoms with Crippen LogP contribution in [0, 0.1) is 10.1 Å². The minimum atomic E-state index is -0.364. The molecule has 0 bridgehead atoms. The van der Waals surface area contributed by atoms with Gasteiger partial charge < -0.3 is 19.7 Å². The van der Waals surface area contributed by atoms with Crippen molar-refractivity contribution in [3.8, 4) is 0 Å². The van der Waals surface area contributed by atoms with E-state index < -0.39 is 0 Å². The van der Waals surface area contributed by atoms with Crippen LogP contribution >= 0.6 is 0 Å². The van der Waals surface area contributed by atoms with E-state index in [0.29, 0.717) is 31.3 Å². The second-order valence-electron chi connectivity index (χ2n) is 7.65. The monoisotopic (exact) mass is 395 g/mol. The Labute approximate surface area is 169 Å². The molecular formula is C20H25N7O2. The number of hydrogen-bond donors (Lipinski definition) is 1. The summed E-state index contributed by atoms with van der Waals surface area (Å²) in [6, 6.07) is 8.22. The van der Waals surface area contributed by atoms with Gasteiger partial charge in [-0.2, -0.15) is 0 Å². The van der Waals surface area contributed by atoms with E-state index in [0.717, 1.165) is 24.2 Å². The van der Waals surface area contributed by atoms with Crippen LogP contribution in [0.3, 0.4) is 0 Å². The van der Waals surface area contributed by atoms with Crippen LogP contribution in [0.15, 0.2) is 30.6 Å². The molecule has 29 heavy (non-hydrogen) atoms. The van der Waals surface area contributed by atoms with Crippen molar-refractivity contribution in [1.82, 2.24) is 19.9 Å². The summed E-state index contributed by atoms with van der Waals surface area (Å²) in [5.41, 5.74) is 3.44. The number of rotatable bonds is 6. The third-order valence-electron chi connectivity index (χ3n) is 5.39. The van der Waals surface area contributed by atoms with Gasteiger partial charge in [0.05, 0.1) is 11.5 Å². The quantitative estimate of drug-likeness (QED) is 0.506. The van der Waals surface area contributed by atoms with E-state index in [1.54, 1.807) is 0 Å². The van der Waals surface area contributed by atoms with Crippen LogP contribution in [0.25, 0.3) is 10.9 Å². The molecule has 2 aromatic heterocycles. The molecule has 4 rings (SSSR count). The third-order valence-corrected chi connectivity index (χ3v) is 5.39. The molecule has 1 aromatic carbocycles. The highest BCUT2D eigenvalue weighted by atomic mass is 16.6. The second kappa shape index (κ2) is 7.67. The summed E-state index contributed by atoms with van der Waals surface area (Å²) in [5, 5.41) is 13.2. The molecule has 0 aliphatic carbocycles. The summed E-state index contributed by atoms with van der Waals surface area (Å²) < 4.78 is 0. The first-order chi connectivity index (χ1) is 14.0. The van der Waals surface area contributed by atoms with Crippen molar-refractivity contribution in [3.63, 3.8) is 0 Å². The normalized spacial score (nSPS) is 13.7. The molecule has 1 N–H and O–H groups in total. The maximum absolute atomic E-state index is 12.0. The van der Waals surface area contributed by atoms with Gasteiger partial charge in [-0.3, -0.25) is 10.1 Å². The average molecular weight is 395 g/mol. The summed E-state index contributed by atoms with van der Waals surface area (Å²) >= 11 is 0. The molecule has 0 fully saturated rings. The fraction of sp³-hybridized carbons (Fsp3) is 0.400. The fourth-order valence-corrected chi connectivity index (χ4v) is 3.86. The maximum atomic E-state index is 12.0. The zero-order valence-electron chi connectivity index (χ0n) is 16.9. The molecule has 0 saturated carbocycles. The SMILES string of the molecule is CN(C)CCN(C)c1ncnc(N2CCc3c([nH]c4ccccc34)C2)c1[N+](=O)[O-]. The number of hydrogen-bond acceptors (Lipinski definition) is 7.